The van der Waals surface area contributed by atoms with Crippen LogP contribution in [-0.2, 0) is 21.2 Å². The summed E-state index contributed by atoms with van der Waals surface area (Å²) in [6, 6.07) is 7.90. The zero-order valence-corrected chi connectivity index (χ0v) is 27.7. The van der Waals surface area contributed by atoms with Crippen molar-refractivity contribution in [2.45, 2.75) is 63.1 Å². The number of halogens is 1. The maximum atomic E-state index is 13.1. The van der Waals surface area contributed by atoms with Crippen molar-refractivity contribution in [3.8, 4) is 5.75 Å². The van der Waals surface area contributed by atoms with Crippen molar-refractivity contribution in [3.63, 3.8) is 0 Å². The fraction of sp³-hybridized carbons (Fsp3) is 0.393. The van der Waals surface area contributed by atoms with Crippen LogP contribution in [0.1, 0.15) is 46.2 Å². The molecule has 0 bridgehead atoms. The first-order valence-corrected chi connectivity index (χ1v) is 16.6. The fourth-order valence-corrected chi connectivity index (χ4v) is 7.02. The second-order valence-electron chi connectivity index (χ2n) is 9.86. The predicted octanol–water partition coefficient (Wildman–Crippen LogP) is 2.84. The Morgan fingerprint density at radius 2 is 1.90 bits per heavy atom. The number of carbonyl (C=O) groups is 1. The molecule has 0 saturated heterocycles. The van der Waals surface area contributed by atoms with Crippen LogP contribution in [0.25, 0.3) is 0 Å². The zero-order valence-electron chi connectivity index (χ0n) is 23.9. The lowest BCUT2D eigenvalue weighted by Crippen LogP contribution is -2.48. The second-order valence-corrected chi connectivity index (χ2v) is 13.6. The first-order chi connectivity index (χ1) is 19.8. The number of aromatic nitrogens is 1. The molecule has 228 valence electrons. The first kappa shape index (κ1) is 33.7. The van der Waals surface area contributed by atoms with Crippen LogP contribution in [0.3, 0.4) is 0 Å². The molecule has 3 rings (SSSR count). The van der Waals surface area contributed by atoms with Gasteiger partial charge in [-0.25, -0.2) is 18.1 Å². The molecule has 0 aliphatic carbocycles. The molecule has 42 heavy (non-hydrogen) atoms. The van der Waals surface area contributed by atoms with Gasteiger partial charge in [0, 0.05) is 21.7 Å². The number of rotatable bonds is 13. The van der Waals surface area contributed by atoms with E-state index in [1.807, 2.05) is 24.3 Å². The Morgan fingerprint density at radius 1 is 1.21 bits per heavy atom. The lowest BCUT2D eigenvalue weighted by molar-refractivity contribution is -0.124. The Kier molecular flexibility index (Phi) is 12.1. The lowest BCUT2D eigenvalue weighted by atomic mass is 10.0. The number of aliphatic imine (C=N–C) groups is 1. The van der Waals surface area contributed by atoms with Gasteiger partial charge in [0.1, 0.15) is 16.9 Å². The Bertz CT molecular complexity index is 1500. The summed E-state index contributed by atoms with van der Waals surface area (Å²) in [6.07, 6.45) is 1.58. The van der Waals surface area contributed by atoms with E-state index >= 15 is 0 Å². The van der Waals surface area contributed by atoms with Gasteiger partial charge in [-0.1, -0.05) is 12.1 Å². The standard InChI is InChI=1S/C28H37IN6O5S2/c1-16-14-23(40-4)17(2)18(3)25(16)42(38,39)35-28(31)33-11-5-6-22(24(36)27-32-12-13-41-27)34-26(37)21(30)15-19-7-9-20(29)10-8-19/h7-10,12-14,21-22,24,36H,5-6,11,15,30H2,1-4H3,(H,34,37)(H3,31,33,35)/t21-,22-,24?/m0/s1. The number of aryl methyl sites for hydroxylation is 1. The number of thiazole rings is 1. The molecule has 1 aromatic heterocycles. The van der Waals surface area contributed by atoms with Gasteiger partial charge in [-0.15, -0.1) is 11.3 Å². The topological polar surface area (TPSA) is 182 Å². The van der Waals surface area contributed by atoms with Crippen LogP contribution in [0.5, 0.6) is 5.75 Å². The molecule has 0 aliphatic heterocycles. The number of hydrogen-bond acceptors (Lipinski definition) is 9. The summed E-state index contributed by atoms with van der Waals surface area (Å²) in [4.78, 5) is 21.4. The van der Waals surface area contributed by atoms with Crippen LogP contribution in [0.15, 0.2) is 51.8 Å². The summed E-state index contributed by atoms with van der Waals surface area (Å²) in [5.41, 5.74) is 14.8. The summed E-state index contributed by atoms with van der Waals surface area (Å²) < 4.78 is 35.0. The highest BCUT2D eigenvalue weighted by Crippen LogP contribution is 2.30. The SMILES string of the molecule is COc1cc(C)c(S(=O)(=O)NC(N)=NCCC[C@H](NC(=O)[C@@H](N)Cc2ccc(I)cc2)C(O)c2nccs2)c(C)c1C. The Morgan fingerprint density at radius 3 is 2.52 bits per heavy atom. The number of nitrogens with one attached hydrogen (secondary N) is 2. The molecule has 7 N–H and O–H groups in total. The average molecular weight is 729 g/mol. The number of sulfonamides is 1. The maximum absolute atomic E-state index is 13.1. The van der Waals surface area contributed by atoms with Crippen LogP contribution in [0.4, 0.5) is 0 Å². The van der Waals surface area contributed by atoms with E-state index in [-0.39, 0.29) is 17.4 Å². The quantitative estimate of drug-likeness (QED) is 0.0771. The summed E-state index contributed by atoms with van der Waals surface area (Å²) in [5, 5.41) is 16.0. The molecule has 3 aromatic rings. The normalized spacial score (nSPS) is 14.2. The molecule has 0 fully saturated rings. The molecule has 3 atom stereocenters. The highest BCUT2D eigenvalue weighted by molar-refractivity contribution is 14.1. The van der Waals surface area contributed by atoms with E-state index in [2.05, 4.69) is 42.6 Å². The molecular formula is C28H37IN6O5S2. The average Bonchev–Trinajstić information content (AvgIpc) is 3.48. The predicted molar refractivity (Wildman–Crippen MR) is 173 cm³/mol. The maximum Gasteiger partial charge on any atom is 0.264 e. The number of hydrogen-bond donors (Lipinski definition) is 5. The van der Waals surface area contributed by atoms with E-state index in [9.17, 15) is 18.3 Å². The number of methoxy groups -OCH3 is 1. The van der Waals surface area contributed by atoms with E-state index in [0.29, 0.717) is 46.7 Å². The van der Waals surface area contributed by atoms with Crippen LogP contribution in [-0.4, -0.2) is 56.1 Å². The Balaban J connectivity index is 1.64. The third-order valence-corrected chi connectivity index (χ3v) is 9.99. The van der Waals surface area contributed by atoms with Crippen molar-refractivity contribution in [1.29, 1.82) is 0 Å². The fourth-order valence-electron chi connectivity index (χ4n) is 4.50. The smallest absolute Gasteiger partial charge is 0.264 e. The van der Waals surface area contributed by atoms with Crippen molar-refractivity contribution in [3.05, 3.63) is 72.7 Å². The van der Waals surface area contributed by atoms with E-state index in [4.69, 9.17) is 16.2 Å². The minimum Gasteiger partial charge on any atom is -0.496 e. The summed E-state index contributed by atoms with van der Waals surface area (Å²) in [6.45, 7) is 5.33. The van der Waals surface area contributed by atoms with Crippen molar-refractivity contribution in [2.24, 2.45) is 16.5 Å². The molecule has 11 nitrogen and oxygen atoms in total. The number of benzene rings is 2. The van der Waals surface area contributed by atoms with Gasteiger partial charge in [-0.2, -0.15) is 0 Å². The number of carbonyl (C=O) groups excluding carboxylic acids is 1. The largest absolute Gasteiger partial charge is 0.496 e. The Labute approximate surface area is 264 Å². The number of nitrogens with two attached hydrogens (primary N) is 2. The van der Waals surface area contributed by atoms with E-state index < -0.39 is 34.1 Å². The monoisotopic (exact) mass is 728 g/mol. The number of nitrogens with zero attached hydrogens (tertiary/aromatic N) is 2. The molecule has 0 saturated carbocycles. The lowest BCUT2D eigenvalue weighted by Gasteiger charge is -2.24. The van der Waals surface area contributed by atoms with Crippen LogP contribution in [0, 0.1) is 24.3 Å². The summed E-state index contributed by atoms with van der Waals surface area (Å²) >= 11 is 3.48. The molecule has 0 aliphatic rings. The zero-order chi connectivity index (χ0) is 31.0. The third kappa shape index (κ3) is 8.86. The van der Waals surface area contributed by atoms with E-state index in [0.717, 1.165) is 9.13 Å². The molecule has 2 aromatic carbocycles. The van der Waals surface area contributed by atoms with Gasteiger partial charge in [-0.3, -0.25) is 9.79 Å². The van der Waals surface area contributed by atoms with Crippen LogP contribution < -0.4 is 26.2 Å². The van der Waals surface area contributed by atoms with Crippen LogP contribution >= 0.6 is 33.9 Å². The Hall–Kier alpha value is -2.79. The molecular weight excluding hydrogens is 691 g/mol. The highest BCUT2D eigenvalue weighted by atomic mass is 127. The molecule has 1 amide bonds. The van der Waals surface area contributed by atoms with Gasteiger partial charge in [0.2, 0.25) is 11.9 Å². The summed E-state index contributed by atoms with van der Waals surface area (Å²) in [7, 11) is -2.47. The van der Waals surface area contributed by atoms with E-state index in [1.54, 1.807) is 38.4 Å². The van der Waals surface area contributed by atoms with Crippen molar-refractivity contribution >= 4 is 55.8 Å². The molecule has 14 heteroatoms. The van der Waals surface area contributed by atoms with Crippen molar-refractivity contribution in [1.82, 2.24) is 15.0 Å². The number of amides is 1. The number of guanidine groups is 1. The van der Waals surface area contributed by atoms with Crippen molar-refractivity contribution < 1.29 is 23.1 Å². The second kappa shape index (κ2) is 15.1. The van der Waals surface area contributed by atoms with Crippen molar-refractivity contribution in [2.75, 3.05) is 13.7 Å². The number of aliphatic hydroxyl groups is 1. The molecule has 0 radical (unpaired) electrons. The minimum absolute atomic E-state index is 0.120. The van der Waals surface area contributed by atoms with E-state index in [1.165, 1.54) is 18.4 Å². The first-order valence-electron chi connectivity index (χ1n) is 13.2. The molecule has 1 unspecified atom stereocenters. The van der Waals surface area contributed by atoms with Gasteiger partial charge < -0.3 is 26.6 Å². The summed E-state index contributed by atoms with van der Waals surface area (Å²) in [5.74, 6) is -0.0590. The molecule has 1 heterocycles. The van der Waals surface area contributed by atoms with Gasteiger partial charge in [0.25, 0.3) is 10.0 Å². The van der Waals surface area contributed by atoms with Crippen LogP contribution in [0.2, 0.25) is 0 Å². The third-order valence-electron chi connectivity index (χ3n) is 6.78. The number of aliphatic hydroxyl groups excluding tert-OH is 1. The number of ether oxygens (including phenoxy) is 1. The van der Waals surface area contributed by atoms with Gasteiger partial charge in [0.15, 0.2) is 0 Å². The van der Waals surface area contributed by atoms with Gasteiger partial charge in [0.05, 0.1) is 24.1 Å². The van der Waals surface area contributed by atoms with Gasteiger partial charge in [-0.05, 0) is 103 Å². The molecule has 0 spiro atoms. The van der Waals surface area contributed by atoms with Gasteiger partial charge >= 0.3 is 0 Å². The highest BCUT2D eigenvalue weighted by Gasteiger charge is 2.27. The minimum atomic E-state index is -4.00.